The van der Waals surface area contributed by atoms with Gasteiger partial charge in [0.15, 0.2) is 0 Å². The van der Waals surface area contributed by atoms with E-state index in [1.165, 1.54) is 0 Å². The van der Waals surface area contributed by atoms with Crippen LogP contribution in [0.15, 0.2) is 12.2 Å². The Labute approximate surface area is 98.8 Å². The lowest BCUT2D eigenvalue weighted by Gasteiger charge is -2.39. The molecule has 3 nitrogen and oxygen atoms in total. The van der Waals surface area contributed by atoms with Crippen molar-refractivity contribution in [2.45, 2.75) is 58.4 Å². The van der Waals surface area contributed by atoms with E-state index in [-0.39, 0.29) is 5.54 Å². The second kappa shape index (κ2) is 4.47. The summed E-state index contributed by atoms with van der Waals surface area (Å²) in [5.74, 6) is -1.33. The Morgan fingerprint density at radius 2 is 1.88 bits per heavy atom. The van der Waals surface area contributed by atoms with Crippen LogP contribution < -0.4 is 0 Å². The lowest BCUT2D eigenvalue weighted by molar-refractivity contribution is -0.235. The van der Waals surface area contributed by atoms with Gasteiger partial charge < -0.3 is 10.2 Å². The Bertz CT molecular complexity index is 273. The highest BCUT2D eigenvalue weighted by atomic mass is 16.5. The normalized spacial score (nSPS) is 32.6. The maximum atomic E-state index is 9.93. The predicted octanol–water partition coefficient (Wildman–Crippen LogP) is 2.10. The standard InChI is InChI=1S/C11H19NO2.C2H6/c1-8(2)10-5-4-6-12(10)11(13,14)9(3)7-10;1-2/h8,13-14H,3-7H2,1-2H3;1-2H3. The van der Waals surface area contributed by atoms with E-state index in [1.54, 1.807) is 0 Å². The van der Waals surface area contributed by atoms with Crippen LogP contribution in [-0.2, 0) is 0 Å². The fourth-order valence-electron chi connectivity index (χ4n) is 3.03. The van der Waals surface area contributed by atoms with E-state index in [2.05, 4.69) is 20.4 Å². The average Bonchev–Trinajstić information content (AvgIpc) is 2.72. The molecule has 2 aliphatic heterocycles. The van der Waals surface area contributed by atoms with Crippen molar-refractivity contribution in [3.8, 4) is 0 Å². The van der Waals surface area contributed by atoms with Crippen LogP contribution in [0.2, 0.25) is 0 Å². The summed E-state index contributed by atoms with van der Waals surface area (Å²) in [6, 6.07) is 0. The zero-order valence-electron chi connectivity index (χ0n) is 11.0. The van der Waals surface area contributed by atoms with E-state index >= 15 is 0 Å². The third-order valence-electron chi connectivity index (χ3n) is 3.97. The van der Waals surface area contributed by atoms with Crippen molar-refractivity contribution in [2.24, 2.45) is 5.92 Å². The quantitative estimate of drug-likeness (QED) is 0.532. The largest absolute Gasteiger partial charge is 0.350 e. The third kappa shape index (κ3) is 1.71. The molecule has 94 valence electrons. The zero-order chi connectivity index (χ0) is 12.6. The molecule has 0 saturated carbocycles. The predicted molar refractivity (Wildman–Crippen MR) is 65.8 cm³/mol. The molecule has 0 aromatic carbocycles. The number of fused-ring (bicyclic) bond motifs is 1. The molecule has 0 spiro atoms. The fraction of sp³-hybridized carbons (Fsp3) is 0.846. The molecule has 0 aliphatic carbocycles. The summed E-state index contributed by atoms with van der Waals surface area (Å²) in [6.45, 7) is 12.8. The van der Waals surface area contributed by atoms with Gasteiger partial charge in [0, 0.05) is 12.1 Å². The van der Waals surface area contributed by atoms with Gasteiger partial charge in [0.1, 0.15) is 0 Å². The summed E-state index contributed by atoms with van der Waals surface area (Å²) in [5, 5.41) is 19.9. The molecule has 2 rings (SSSR count). The molecule has 1 unspecified atom stereocenters. The van der Waals surface area contributed by atoms with Crippen LogP contribution in [0.5, 0.6) is 0 Å². The minimum Gasteiger partial charge on any atom is -0.350 e. The van der Waals surface area contributed by atoms with Crippen LogP contribution in [0.3, 0.4) is 0 Å². The van der Waals surface area contributed by atoms with Crippen LogP contribution >= 0.6 is 0 Å². The minimum atomic E-state index is -1.76. The lowest BCUT2D eigenvalue weighted by atomic mass is 9.82. The summed E-state index contributed by atoms with van der Waals surface area (Å²) in [6.07, 6.45) is 2.82. The minimum absolute atomic E-state index is 0.0550. The Hall–Kier alpha value is -0.380. The first-order valence-electron chi connectivity index (χ1n) is 6.32. The summed E-state index contributed by atoms with van der Waals surface area (Å²) >= 11 is 0. The van der Waals surface area contributed by atoms with Crippen molar-refractivity contribution in [3.05, 3.63) is 12.2 Å². The van der Waals surface area contributed by atoms with Gasteiger partial charge >= 0.3 is 0 Å². The monoisotopic (exact) mass is 227 g/mol. The number of hydrogen-bond donors (Lipinski definition) is 2. The van der Waals surface area contributed by atoms with E-state index in [1.807, 2.05) is 18.7 Å². The van der Waals surface area contributed by atoms with Gasteiger partial charge in [0.2, 0.25) is 5.91 Å². The molecule has 3 heteroatoms. The van der Waals surface area contributed by atoms with Crippen molar-refractivity contribution in [3.63, 3.8) is 0 Å². The lowest BCUT2D eigenvalue weighted by Crippen LogP contribution is -2.53. The number of rotatable bonds is 1. The molecule has 2 N–H and O–H groups in total. The molecule has 0 bridgehead atoms. The maximum Gasteiger partial charge on any atom is 0.249 e. The second-order valence-corrected chi connectivity index (χ2v) is 4.93. The zero-order valence-corrected chi connectivity index (χ0v) is 11.0. The van der Waals surface area contributed by atoms with Crippen LogP contribution in [0, 0.1) is 5.92 Å². The fourth-order valence-corrected chi connectivity index (χ4v) is 3.03. The Morgan fingerprint density at radius 1 is 1.31 bits per heavy atom. The SMILES string of the molecule is C=C1CC2(C(C)C)CCCN2C1(O)O.CC. The highest BCUT2D eigenvalue weighted by molar-refractivity contribution is 5.24. The number of nitrogens with zero attached hydrogens (tertiary/aromatic N) is 1. The van der Waals surface area contributed by atoms with E-state index in [0.717, 1.165) is 25.8 Å². The van der Waals surface area contributed by atoms with Crippen LogP contribution in [0.1, 0.15) is 47.0 Å². The van der Waals surface area contributed by atoms with Gasteiger partial charge in [-0.2, -0.15) is 0 Å². The Kier molecular flexibility index (Phi) is 3.83. The molecule has 16 heavy (non-hydrogen) atoms. The van der Waals surface area contributed by atoms with Crippen molar-refractivity contribution in [1.82, 2.24) is 4.90 Å². The molecule has 2 heterocycles. The van der Waals surface area contributed by atoms with Crippen molar-refractivity contribution < 1.29 is 10.2 Å². The average molecular weight is 227 g/mol. The molecular weight excluding hydrogens is 202 g/mol. The molecule has 2 saturated heterocycles. The van der Waals surface area contributed by atoms with Gasteiger partial charge in [-0.15, -0.1) is 0 Å². The van der Waals surface area contributed by atoms with E-state index in [9.17, 15) is 10.2 Å². The summed E-state index contributed by atoms with van der Waals surface area (Å²) in [4.78, 5) is 1.83. The second-order valence-electron chi connectivity index (χ2n) is 4.93. The maximum absolute atomic E-state index is 9.93. The Balaban J connectivity index is 0.000000606. The first kappa shape index (κ1) is 13.7. The van der Waals surface area contributed by atoms with E-state index < -0.39 is 5.91 Å². The van der Waals surface area contributed by atoms with Crippen LogP contribution in [-0.4, -0.2) is 33.1 Å². The molecule has 2 aliphatic rings. The van der Waals surface area contributed by atoms with Crippen molar-refractivity contribution in [2.75, 3.05) is 6.54 Å². The molecule has 0 aromatic heterocycles. The summed E-state index contributed by atoms with van der Waals surface area (Å²) in [7, 11) is 0. The van der Waals surface area contributed by atoms with Crippen LogP contribution in [0.25, 0.3) is 0 Å². The van der Waals surface area contributed by atoms with Gasteiger partial charge in [-0.1, -0.05) is 34.3 Å². The van der Waals surface area contributed by atoms with Crippen molar-refractivity contribution in [1.29, 1.82) is 0 Å². The first-order valence-corrected chi connectivity index (χ1v) is 6.32. The molecule has 1 atom stereocenters. The highest BCUT2D eigenvalue weighted by Crippen LogP contribution is 2.51. The van der Waals surface area contributed by atoms with Gasteiger partial charge in [0.05, 0.1) is 0 Å². The van der Waals surface area contributed by atoms with Gasteiger partial charge in [-0.25, -0.2) is 4.90 Å². The van der Waals surface area contributed by atoms with Gasteiger partial charge in [-0.05, 0) is 30.8 Å². The van der Waals surface area contributed by atoms with Gasteiger partial charge in [-0.3, -0.25) is 0 Å². The molecule has 2 fully saturated rings. The van der Waals surface area contributed by atoms with Gasteiger partial charge in [0.25, 0.3) is 0 Å². The van der Waals surface area contributed by atoms with Crippen LogP contribution in [0.4, 0.5) is 0 Å². The van der Waals surface area contributed by atoms with Crippen molar-refractivity contribution >= 4 is 0 Å². The highest BCUT2D eigenvalue weighted by Gasteiger charge is 2.59. The first-order chi connectivity index (χ1) is 7.41. The summed E-state index contributed by atoms with van der Waals surface area (Å²) < 4.78 is 0. The summed E-state index contributed by atoms with van der Waals surface area (Å²) in [5.41, 5.74) is 0.492. The molecule has 0 radical (unpaired) electrons. The van der Waals surface area contributed by atoms with E-state index in [0.29, 0.717) is 11.5 Å². The smallest absolute Gasteiger partial charge is 0.249 e. The van der Waals surface area contributed by atoms with E-state index in [4.69, 9.17) is 0 Å². The molecular formula is C13H25NO2. The number of aliphatic hydroxyl groups is 2. The Morgan fingerprint density at radius 3 is 2.31 bits per heavy atom. The molecule has 0 amide bonds. The topological polar surface area (TPSA) is 43.7 Å². The molecule has 0 aromatic rings. The third-order valence-corrected chi connectivity index (χ3v) is 3.97. The number of hydrogen-bond acceptors (Lipinski definition) is 3.